The van der Waals surface area contributed by atoms with Crippen molar-refractivity contribution >= 4 is 18.0 Å². The lowest BCUT2D eigenvalue weighted by atomic mass is 9.99. The molecule has 0 aromatic carbocycles. The number of hydrogen-bond donors (Lipinski definition) is 2. The van der Waals surface area contributed by atoms with Crippen LogP contribution in [0.15, 0.2) is 0 Å². The summed E-state index contributed by atoms with van der Waals surface area (Å²) in [7, 11) is 0. The van der Waals surface area contributed by atoms with Gasteiger partial charge >= 0.3 is 12.1 Å². The highest BCUT2D eigenvalue weighted by molar-refractivity contribution is 5.77. The summed E-state index contributed by atoms with van der Waals surface area (Å²) in [5.74, 6) is -0.738. The summed E-state index contributed by atoms with van der Waals surface area (Å²) < 4.78 is 0. The van der Waals surface area contributed by atoms with Crippen LogP contribution in [0.2, 0.25) is 0 Å². The third-order valence-electron chi connectivity index (χ3n) is 3.29. The van der Waals surface area contributed by atoms with Gasteiger partial charge in [-0.1, -0.05) is 6.92 Å². The molecule has 0 aromatic rings. The largest absolute Gasteiger partial charge is 0.481 e. The lowest BCUT2D eigenvalue weighted by molar-refractivity contribution is -0.300. The predicted molar refractivity (Wildman–Crippen MR) is 81.5 cm³/mol. The first-order valence-electron chi connectivity index (χ1n) is 7.72. The minimum absolute atomic E-state index is 0.0282. The molecule has 8 heteroatoms. The van der Waals surface area contributed by atoms with Gasteiger partial charge in [-0.2, -0.15) is 4.89 Å². The molecule has 0 aliphatic carbocycles. The third-order valence-corrected chi connectivity index (χ3v) is 3.29. The first kappa shape index (κ1) is 19.2. The van der Waals surface area contributed by atoms with Crippen LogP contribution in [-0.2, 0) is 19.4 Å². The van der Waals surface area contributed by atoms with Crippen LogP contribution in [0, 0.1) is 5.92 Å². The number of likely N-dealkylation sites (tertiary alicyclic amines) is 1. The van der Waals surface area contributed by atoms with E-state index in [9.17, 15) is 14.4 Å². The number of amides is 2. The molecule has 0 unspecified atom stereocenters. The Balaban J connectivity index is 2.59. The Bertz CT molecular complexity index is 446. The van der Waals surface area contributed by atoms with Crippen molar-refractivity contribution in [3.05, 3.63) is 0 Å². The Labute approximate surface area is 136 Å². The second kappa shape index (κ2) is 8.14. The van der Waals surface area contributed by atoms with Crippen molar-refractivity contribution in [1.82, 2.24) is 10.2 Å². The molecular formula is C15H26N2O6. The number of aliphatic carboxylic acids is 1. The SMILES string of the molecule is C[C@@H]1CCC(=O)N(C[C@H](CC(=O)O)NC(=O)OOC(C)(C)C)C1. The second-order valence-corrected chi connectivity index (χ2v) is 6.95. The van der Waals surface area contributed by atoms with E-state index < -0.39 is 23.7 Å². The van der Waals surface area contributed by atoms with Crippen molar-refractivity contribution in [3.8, 4) is 0 Å². The van der Waals surface area contributed by atoms with Crippen LogP contribution >= 0.6 is 0 Å². The Morgan fingerprint density at radius 3 is 2.65 bits per heavy atom. The van der Waals surface area contributed by atoms with Gasteiger partial charge in [-0.15, -0.1) is 0 Å². The lowest BCUT2D eigenvalue weighted by Crippen LogP contribution is -2.49. The Kier molecular flexibility index (Phi) is 6.80. The molecule has 132 valence electrons. The first-order chi connectivity index (χ1) is 10.6. The van der Waals surface area contributed by atoms with Crippen LogP contribution in [0.4, 0.5) is 4.79 Å². The van der Waals surface area contributed by atoms with Gasteiger partial charge in [-0.3, -0.25) is 14.5 Å². The molecule has 2 N–H and O–H groups in total. The summed E-state index contributed by atoms with van der Waals surface area (Å²) in [5.41, 5.74) is -0.669. The number of carboxylic acids is 1. The molecule has 2 atom stereocenters. The highest BCUT2D eigenvalue weighted by Gasteiger charge is 2.28. The van der Waals surface area contributed by atoms with Gasteiger partial charge in [-0.05, 0) is 33.1 Å². The van der Waals surface area contributed by atoms with E-state index in [1.165, 1.54) is 0 Å². The molecule has 23 heavy (non-hydrogen) atoms. The smallest absolute Gasteiger partial charge is 0.439 e. The molecule has 1 heterocycles. The van der Waals surface area contributed by atoms with Gasteiger partial charge in [0.2, 0.25) is 5.91 Å². The summed E-state index contributed by atoms with van der Waals surface area (Å²) in [5, 5.41) is 11.4. The second-order valence-electron chi connectivity index (χ2n) is 6.95. The molecule has 0 radical (unpaired) electrons. The molecule has 0 saturated carbocycles. The van der Waals surface area contributed by atoms with E-state index in [0.717, 1.165) is 6.42 Å². The average Bonchev–Trinajstić information content (AvgIpc) is 2.39. The van der Waals surface area contributed by atoms with E-state index in [2.05, 4.69) is 10.2 Å². The molecule has 1 saturated heterocycles. The van der Waals surface area contributed by atoms with Crippen molar-refractivity contribution < 1.29 is 29.3 Å². The van der Waals surface area contributed by atoms with Crippen LogP contribution in [0.1, 0.15) is 47.0 Å². The van der Waals surface area contributed by atoms with Gasteiger partial charge in [-0.25, -0.2) is 4.79 Å². The lowest BCUT2D eigenvalue weighted by Gasteiger charge is -2.33. The zero-order valence-electron chi connectivity index (χ0n) is 14.1. The number of carboxylic acid groups (broad SMARTS) is 1. The summed E-state index contributed by atoms with van der Waals surface area (Å²) in [6, 6.07) is -0.738. The molecule has 1 aliphatic heterocycles. The van der Waals surface area contributed by atoms with Crippen LogP contribution in [0.5, 0.6) is 0 Å². The van der Waals surface area contributed by atoms with E-state index in [1.807, 2.05) is 6.92 Å². The molecule has 0 spiro atoms. The van der Waals surface area contributed by atoms with Gasteiger partial charge in [0.1, 0.15) is 5.60 Å². The van der Waals surface area contributed by atoms with Crippen molar-refractivity contribution in [2.24, 2.45) is 5.92 Å². The number of hydrogen-bond acceptors (Lipinski definition) is 5. The number of nitrogens with zero attached hydrogens (tertiary/aromatic N) is 1. The fourth-order valence-electron chi connectivity index (χ4n) is 2.27. The van der Waals surface area contributed by atoms with Crippen LogP contribution in [0.25, 0.3) is 0 Å². The van der Waals surface area contributed by atoms with E-state index in [0.29, 0.717) is 18.9 Å². The average molecular weight is 330 g/mol. The van der Waals surface area contributed by atoms with Crippen molar-refractivity contribution in [1.29, 1.82) is 0 Å². The zero-order chi connectivity index (χ0) is 17.6. The molecule has 1 aliphatic rings. The number of rotatable bonds is 6. The summed E-state index contributed by atoms with van der Waals surface area (Å²) in [4.78, 5) is 45.7. The van der Waals surface area contributed by atoms with Crippen molar-refractivity contribution in [3.63, 3.8) is 0 Å². The fourth-order valence-corrected chi connectivity index (χ4v) is 2.27. The minimum Gasteiger partial charge on any atom is -0.481 e. The van der Waals surface area contributed by atoms with Crippen molar-refractivity contribution in [2.75, 3.05) is 13.1 Å². The van der Waals surface area contributed by atoms with Crippen molar-refractivity contribution in [2.45, 2.75) is 58.6 Å². The molecular weight excluding hydrogens is 304 g/mol. The monoisotopic (exact) mass is 330 g/mol. The zero-order valence-corrected chi connectivity index (χ0v) is 14.1. The van der Waals surface area contributed by atoms with E-state index in [1.54, 1.807) is 25.7 Å². The summed E-state index contributed by atoms with van der Waals surface area (Å²) >= 11 is 0. The van der Waals surface area contributed by atoms with Gasteiger partial charge in [0.25, 0.3) is 0 Å². The molecule has 1 rings (SSSR count). The predicted octanol–water partition coefficient (Wildman–Crippen LogP) is 1.54. The number of piperidine rings is 1. The Morgan fingerprint density at radius 2 is 2.09 bits per heavy atom. The molecule has 2 amide bonds. The summed E-state index contributed by atoms with van der Waals surface area (Å²) in [6.45, 7) is 7.86. The maximum atomic E-state index is 11.9. The van der Waals surface area contributed by atoms with Gasteiger partial charge in [0, 0.05) is 19.5 Å². The standard InChI is InChI=1S/C15H26N2O6/c1-10-5-6-12(18)17(8-10)9-11(7-13(19)20)16-14(21)22-23-15(2,3)4/h10-11H,5-9H2,1-4H3,(H,16,21)(H,19,20)/t10-,11+/m1/s1. The van der Waals surface area contributed by atoms with E-state index in [-0.39, 0.29) is 18.9 Å². The fraction of sp³-hybridized carbons (Fsp3) is 0.800. The molecule has 1 fully saturated rings. The summed E-state index contributed by atoms with van der Waals surface area (Å²) in [6.07, 6.45) is 0.0958. The van der Waals surface area contributed by atoms with Gasteiger partial charge in [0.15, 0.2) is 0 Å². The number of nitrogens with one attached hydrogen (secondary N) is 1. The van der Waals surface area contributed by atoms with Crippen LogP contribution in [0.3, 0.4) is 0 Å². The highest BCUT2D eigenvalue weighted by atomic mass is 17.2. The number of carbonyl (C=O) groups excluding carboxylic acids is 2. The Morgan fingerprint density at radius 1 is 1.43 bits per heavy atom. The van der Waals surface area contributed by atoms with Crippen LogP contribution < -0.4 is 5.32 Å². The highest BCUT2D eigenvalue weighted by Crippen LogP contribution is 2.17. The maximum absolute atomic E-state index is 11.9. The first-order valence-corrected chi connectivity index (χ1v) is 7.72. The molecule has 0 aromatic heterocycles. The topological polar surface area (TPSA) is 105 Å². The minimum atomic E-state index is -1.07. The van der Waals surface area contributed by atoms with Gasteiger partial charge in [0.05, 0.1) is 12.5 Å². The quantitative estimate of drug-likeness (QED) is 0.565. The molecule has 8 nitrogen and oxygen atoms in total. The van der Waals surface area contributed by atoms with E-state index >= 15 is 0 Å². The number of carbonyl (C=O) groups is 3. The van der Waals surface area contributed by atoms with Gasteiger partial charge < -0.3 is 15.3 Å². The molecule has 0 bridgehead atoms. The van der Waals surface area contributed by atoms with E-state index in [4.69, 9.17) is 9.99 Å². The Hall–Kier alpha value is -1.83. The third kappa shape index (κ3) is 7.83. The van der Waals surface area contributed by atoms with Crippen LogP contribution in [-0.4, -0.2) is 52.7 Å². The maximum Gasteiger partial charge on any atom is 0.439 e. The normalized spacial score (nSPS) is 20.1.